The third-order valence-corrected chi connectivity index (χ3v) is 2.96. The second-order valence-corrected chi connectivity index (χ2v) is 4.65. The molecule has 88 valence electrons. The molecule has 1 fully saturated rings. The fraction of sp³-hybridized carbons (Fsp3) is 0.545. The van der Waals surface area contributed by atoms with Crippen LogP contribution in [0.2, 0.25) is 0 Å². The molecular formula is C11H15BrN2O2. The van der Waals surface area contributed by atoms with E-state index in [2.05, 4.69) is 26.2 Å². The number of aryl methyl sites for hydroxylation is 1. The van der Waals surface area contributed by atoms with E-state index in [4.69, 9.17) is 9.47 Å². The number of rotatable bonds is 3. The van der Waals surface area contributed by atoms with E-state index in [1.165, 1.54) is 0 Å². The second-order valence-electron chi connectivity index (χ2n) is 3.79. The molecule has 5 heteroatoms. The Balaban J connectivity index is 1.88. The molecule has 0 radical (unpaired) electrons. The minimum Gasteiger partial charge on any atom is -0.376 e. The molecule has 0 spiro atoms. The number of anilines is 1. The molecular weight excluding hydrogens is 272 g/mol. The third kappa shape index (κ3) is 3.17. The number of ether oxygens (including phenoxy) is 2. The van der Waals surface area contributed by atoms with E-state index in [1.54, 1.807) is 0 Å². The highest BCUT2D eigenvalue weighted by Gasteiger charge is 2.14. The Morgan fingerprint density at radius 1 is 1.56 bits per heavy atom. The number of pyridine rings is 1. The largest absolute Gasteiger partial charge is 0.376 e. The summed E-state index contributed by atoms with van der Waals surface area (Å²) < 4.78 is 11.8. The molecule has 1 N–H and O–H groups in total. The summed E-state index contributed by atoms with van der Waals surface area (Å²) >= 11 is 3.48. The Labute approximate surface area is 103 Å². The minimum absolute atomic E-state index is 0.115. The number of nitrogens with one attached hydrogen (secondary N) is 1. The van der Waals surface area contributed by atoms with Crippen molar-refractivity contribution in [3.63, 3.8) is 0 Å². The molecule has 1 atom stereocenters. The smallest absolute Gasteiger partial charge is 0.140 e. The Morgan fingerprint density at radius 2 is 2.44 bits per heavy atom. The normalized spacial score (nSPS) is 20.8. The fourth-order valence-electron chi connectivity index (χ4n) is 1.53. The van der Waals surface area contributed by atoms with Gasteiger partial charge in [0, 0.05) is 12.7 Å². The summed E-state index contributed by atoms with van der Waals surface area (Å²) in [4.78, 5) is 4.31. The molecule has 1 unspecified atom stereocenters. The SMILES string of the molecule is Cc1cnc(NCC2COCCO2)c(Br)c1. The van der Waals surface area contributed by atoms with Crippen molar-refractivity contribution in [2.75, 3.05) is 31.7 Å². The van der Waals surface area contributed by atoms with E-state index in [0.29, 0.717) is 26.4 Å². The molecule has 0 amide bonds. The first-order chi connectivity index (χ1) is 7.75. The van der Waals surface area contributed by atoms with Gasteiger partial charge in [-0.2, -0.15) is 0 Å². The highest BCUT2D eigenvalue weighted by molar-refractivity contribution is 9.10. The van der Waals surface area contributed by atoms with Gasteiger partial charge in [-0.05, 0) is 34.5 Å². The van der Waals surface area contributed by atoms with Crippen LogP contribution in [0.5, 0.6) is 0 Å². The zero-order valence-corrected chi connectivity index (χ0v) is 10.8. The standard InChI is InChI=1S/C11H15BrN2O2/c1-8-4-10(12)11(13-5-8)14-6-9-7-15-2-3-16-9/h4-5,9H,2-3,6-7H2,1H3,(H,13,14). The topological polar surface area (TPSA) is 43.4 Å². The number of hydrogen-bond donors (Lipinski definition) is 1. The van der Waals surface area contributed by atoms with Crippen LogP contribution in [-0.4, -0.2) is 37.5 Å². The van der Waals surface area contributed by atoms with Crippen molar-refractivity contribution in [1.29, 1.82) is 0 Å². The lowest BCUT2D eigenvalue weighted by atomic mass is 10.3. The van der Waals surface area contributed by atoms with Crippen LogP contribution in [0.15, 0.2) is 16.7 Å². The predicted octanol–water partition coefficient (Wildman–Crippen LogP) is 1.98. The van der Waals surface area contributed by atoms with E-state index in [9.17, 15) is 0 Å². The summed E-state index contributed by atoms with van der Waals surface area (Å²) in [5.41, 5.74) is 1.13. The summed E-state index contributed by atoms with van der Waals surface area (Å²) in [5.74, 6) is 0.847. The van der Waals surface area contributed by atoms with Crippen LogP contribution in [-0.2, 0) is 9.47 Å². The van der Waals surface area contributed by atoms with E-state index < -0.39 is 0 Å². The van der Waals surface area contributed by atoms with Gasteiger partial charge in [-0.25, -0.2) is 4.98 Å². The fourth-order valence-corrected chi connectivity index (χ4v) is 2.13. The third-order valence-electron chi connectivity index (χ3n) is 2.36. The summed E-state index contributed by atoms with van der Waals surface area (Å²) in [6, 6.07) is 2.04. The zero-order valence-electron chi connectivity index (χ0n) is 9.20. The second kappa shape index (κ2) is 5.61. The van der Waals surface area contributed by atoms with Gasteiger partial charge in [0.25, 0.3) is 0 Å². The Morgan fingerprint density at radius 3 is 3.12 bits per heavy atom. The molecule has 2 rings (SSSR count). The van der Waals surface area contributed by atoms with E-state index in [-0.39, 0.29) is 6.10 Å². The monoisotopic (exact) mass is 286 g/mol. The molecule has 2 heterocycles. The molecule has 1 saturated heterocycles. The van der Waals surface area contributed by atoms with Crippen molar-refractivity contribution in [2.24, 2.45) is 0 Å². The summed E-state index contributed by atoms with van der Waals surface area (Å²) in [7, 11) is 0. The summed E-state index contributed by atoms with van der Waals surface area (Å²) in [5, 5.41) is 3.25. The first kappa shape index (κ1) is 11.8. The molecule has 16 heavy (non-hydrogen) atoms. The van der Waals surface area contributed by atoms with E-state index in [0.717, 1.165) is 15.9 Å². The highest BCUT2D eigenvalue weighted by atomic mass is 79.9. The van der Waals surface area contributed by atoms with Gasteiger partial charge in [-0.1, -0.05) is 0 Å². The predicted molar refractivity (Wildman–Crippen MR) is 65.7 cm³/mol. The van der Waals surface area contributed by atoms with Gasteiger partial charge >= 0.3 is 0 Å². The Hall–Kier alpha value is -0.650. The highest BCUT2D eigenvalue weighted by Crippen LogP contribution is 2.20. The maximum absolute atomic E-state index is 5.53. The summed E-state index contributed by atoms with van der Waals surface area (Å²) in [6.07, 6.45) is 1.95. The molecule has 4 nitrogen and oxygen atoms in total. The quantitative estimate of drug-likeness (QED) is 0.923. The number of nitrogens with zero attached hydrogens (tertiary/aromatic N) is 1. The van der Waals surface area contributed by atoms with E-state index in [1.807, 2.05) is 19.2 Å². The summed E-state index contributed by atoms with van der Waals surface area (Å²) in [6.45, 7) is 4.75. The van der Waals surface area contributed by atoms with Crippen molar-refractivity contribution in [3.8, 4) is 0 Å². The molecule has 0 aliphatic carbocycles. The molecule has 0 saturated carbocycles. The zero-order chi connectivity index (χ0) is 11.4. The van der Waals surface area contributed by atoms with Crippen LogP contribution in [0, 0.1) is 6.92 Å². The van der Waals surface area contributed by atoms with Gasteiger partial charge in [0.1, 0.15) is 5.82 Å². The van der Waals surface area contributed by atoms with Crippen LogP contribution >= 0.6 is 15.9 Å². The maximum atomic E-state index is 5.53. The van der Waals surface area contributed by atoms with Gasteiger partial charge in [-0.3, -0.25) is 0 Å². The minimum atomic E-state index is 0.115. The van der Waals surface area contributed by atoms with Crippen molar-refractivity contribution < 1.29 is 9.47 Å². The lowest BCUT2D eigenvalue weighted by molar-refractivity contribution is -0.0819. The Kier molecular flexibility index (Phi) is 4.15. The molecule has 1 aromatic rings. The lowest BCUT2D eigenvalue weighted by Crippen LogP contribution is -2.34. The van der Waals surface area contributed by atoms with Crippen molar-refractivity contribution in [3.05, 3.63) is 22.3 Å². The van der Waals surface area contributed by atoms with Crippen LogP contribution in [0.25, 0.3) is 0 Å². The Bertz CT molecular complexity index is 354. The van der Waals surface area contributed by atoms with Crippen LogP contribution in [0.3, 0.4) is 0 Å². The maximum Gasteiger partial charge on any atom is 0.140 e. The van der Waals surface area contributed by atoms with Gasteiger partial charge in [0.05, 0.1) is 30.4 Å². The van der Waals surface area contributed by atoms with Gasteiger partial charge in [-0.15, -0.1) is 0 Å². The number of aromatic nitrogens is 1. The molecule has 0 bridgehead atoms. The molecule has 1 aromatic heterocycles. The van der Waals surface area contributed by atoms with Gasteiger partial charge < -0.3 is 14.8 Å². The first-order valence-electron chi connectivity index (χ1n) is 5.31. The van der Waals surface area contributed by atoms with Crippen molar-refractivity contribution in [1.82, 2.24) is 4.98 Å². The first-order valence-corrected chi connectivity index (χ1v) is 6.10. The van der Waals surface area contributed by atoms with Crippen molar-refractivity contribution >= 4 is 21.7 Å². The van der Waals surface area contributed by atoms with Crippen LogP contribution in [0.4, 0.5) is 5.82 Å². The van der Waals surface area contributed by atoms with Crippen LogP contribution < -0.4 is 5.32 Å². The molecule has 1 aliphatic heterocycles. The average Bonchev–Trinajstić information content (AvgIpc) is 2.29. The van der Waals surface area contributed by atoms with Crippen molar-refractivity contribution in [2.45, 2.75) is 13.0 Å². The molecule has 1 aliphatic rings. The van der Waals surface area contributed by atoms with Gasteiger partial charge in [0.2, 0.25) is 0 Å². The van der Waals surface area contributed by atoms with Crippen LogP contribution in [0.1, 0.15) is 5.56 Å². The number of halogens is 1. The van der Waals surface area contributed by atoms with E-state index >= 15 is 0 Å². The number of hydrogen-bond acceptors (Lipinski definition) is 4. The average molecular weight is 287 g/mol. The lowest BCUT2D eigenvalue weighted by Gasteiger charge is -2.23. The molecule has 0 aromatic carbocycles. The van der Waals surface area contributed by atoms with Gasteiger partial charge in [0.15, 0.2) is 0 Å².